The Morgan fingerprint density at radius 3 is 2.42 bits per heavy atom. The van der Waals surface area contributed by atoms with Crippen LogP contribution in [0.3, 0.4) is 0 Å². The first-order valence-corrected chi connectivity index (χ1v) is 8.22. The molecule has 0 bridgehead atoms. The van der Waals surface area contributed by atoms with E-state index in [9.17, 15) is 9.59 Å². The van der Waals surface area contributed by atoms with E-state index in [1.807, 2.05) is 73.3 Å². The van der Waals surface area contributed by atoms with Crippen LogP contribution in [-0.4, -0.2) is 16.7 Å². The van der Waals surface area contributed by atoms with E-state index in [0.717, 1.165) is 16.8 Å². The average molecular weight is 324 g/mol. The molecular weight excluding hydrogens is 300 g/mol. The minimum absolute atomic E-state index is 0.0774. The van der Waals surface area contributed by atoms with Gasteiger partial charge in [-0.25, -0.2) is 0 Å². The summed E-state index contributed by atoms with van der Waals surface area (Å²) in [6, 6.07) is 17.5. The summed E-state index contributed by atoms with van der Waals surface area (Å²) in [5.41, 5.74) is 2.85. The van der Waals surface area contributed by atoms with Crippen LogP contribution >= 0.6 is 0 Å². The predicted octanol–water partition coefficient (Wildman–Crippen LogP) is 4.14. The number of amides is 2. The van der Waals surface area contributed by atoms with Gasteiger partial charge in [-0.05, 0) is 30.2 Å². The van der Waals surface area contributed by atoms with Crippen molar-refractivity contribution in [3.63, 3.8) is 0 Å². The van der Waals surface area contributed by atoms with Crippen LogP contribution in [0, 0.1) is 0 Å². The summed E-state index contributed by atoms with van der Waals surface area (Å²) in [6.07, 6.45) is 0.461. The van der Waals surface area contributed by atoms with E-state index >= 15 is 0 Å². The molecule has 0 radical (unpaired) electrons. The van der Waals surface area contributed by atoms with Crippen LogP contribution in [0.1, 0.15) is 44.4 Å². The third-order valence-corrected chi connectivity index (χ3v) is 3.98. The molecule has 2 aromatic carbocycles. The first-order valence-electron chi connectivity index (χ1n) is 8.22. The lowest BCUT2D eigenvalue weighted by atomic mass is 10.0. The second-order valence-corrected chi connectivity index (χ2v) is 5.84. The van der Waals surface area contributed by atoms with Crippen molar-refractivity contribution in [2.45, 2.75) is 39.8 Å². The van der Waals surface area contributed by atoms with E-state index in [-0.39, 0.29) is 17.9 Å². The fourth-order valence-electron chi connectivity index (χ4n) is 2.68. The normalized spacial score (nSPS) is 11.6. The molecule has 4 nitrogen and oxygen atoms in total. The maximum Gasteiger partial charge on any atom is 0.223 e. The van der Waals surface area contributed by atoms with Crippen LogP contribution in [0.15, 0.2) is 54.6 Å². The van der Waals surface area contributed by atoms with Gasteiger partial charge in [-0.2, -0.15) is 0 Å². The molecule has 0 spiro atoms. The van der Waals surface area contributed by atoms with Crippen LogP contribution in [0.2, 0.25) is 0 Å². The van der Waals surface area contributed by atoms with E-state index in [1.54, 1.807) is 0 Å². The average Bonchev–Trinajstić information content (AvgIpc) is 2.59. The molecule has 0 aliphatic rings. The van der Waals surface area contributed by atoms with Gasteiger partial charge in [0.25, 0.3) is 0 Å². The zero-order valence-electron chi connectivity index (χ0n) is 14.5. The molecule has 2 aromatic rings. The van der Waals surface area contributed by atoms with Gasteiger partial charge < -0.3 is 10.2 Å². The molecule has 0 aliphatic heterocycles. The number of benzene rings is 2. The van der Waals surface area contributed by atoms with Gasteiger partial charge in [-0.1, -0.05) is 49.4 Å². The number of nitrogens with zero attached hydrogens (tertiary/aromatic N) is 1. The molecule has 0 saturated heterocycles. The molecule has 2 rings (SSSR count). The molecule has 4 heteroatoms. The van der Waals surface area contributed by atoms with Crippen molar-refractivity contribution in [3.8, 4) is 0 Å². The Hall–Kier alpha value is -2.62. The highest BCUT2D eigenvalue weighted by molar-refractivity contribution is 5.88. The Bertz CT molecular complexity index is 698. The van der Waals surface area contributed by atoms with Gasteiger partial charge in [0, 0.05) is 25.6 Å². The van der Waals surface area contributed by atoms with E-state index in [4.69, 9.17) is 0 Å². The topological polar surface area (TPSA) is 49.4 Å². The molecule has 2 amide bonds. The van der Waals surface area contributed by atoms with Crippen molar-refractivity contribution in [1.82, 2.24) is 4.90 Å². The number of rotatable bonds is 6. The Balaban J connectivity index is 2.25. The van der Waals surface area contributed by atoms with Gasteiger partial charge in [0.05, 0.1) is 6.04 Å². The smallest absolute Gasteiger partial charge is 0.223 e. The monoisotopic (exact) mass is 324 g/mol. The molecule has 24 heavy (non-hydrogen) atoms. The molecule has 1 N–H and O–H groups in total. The quantitative estimate of drug-likeness (QED) is 0.868. The SMILES string of the molecule is CCC(=O)N(Cc1ccccc1)C(C)c1cccc(NC(C)=O)c1. The summed E-state index contributed by atoms with van der Waals surface area (Å²) < 4.78 is 0. The molecule has 1 unspecified atom stereocenters. The number of nitrogens with one attached hydrogen (secondary N) is 1. The maximum absolute atomic E-state index is 12.5. The standard InChI is InChI=1S/C20H24N2O2/c1-4-20(24)22(14-17-9-6-5-7-10-17)15(2)18-11-8-12-19(13-18)21-16(3)23/h5-13,15H,4,14H2,1-3H3,(H,21,23). The van der Waals surface area contributed by atoms with Crippen LogP contribution < -0.4 is 5.32 Å². The molecule has 0 aromatic heterocycles. The molecule has 0 heterocycles. The molecule has 0 aliphatic carbocycles. The Kier molecular flexibility index (Phi) is 6.13. The Morgan fingerprint density at radius 1 is 1.08 bits per heavy atom. The van der Waals surface area contributed by atoms with Crippen LogP contribution in [0.4, 0.5) is 5.69 Å². The number of carbonyl (C=O) groups is 2. The Labute approximate surface area is 143 Å². The van der Waals surface area contributed by atoms with Gasteiger partial charge in [-0.15, -0.1) is 0 Å². The zero-order chi connectivity index (χ0) is 17.5. The lowest BCUT2D eigenvalue weighted by Gasteiger charge is -2.30. The van der Waals surface area contributed by atoms with Crippen molar-refractivity contribution in [1.29, 1.82) is 0 Å². The van der Waals surface area contributed by atoms with Crippen molar-refractivity contribution < 1.29 is 9.59 Å². The number of carbonyl (C=O) groups excluding carboxylic acids is 2. The van der Waals surface area contributed by atoms with Crippen molar-refractivity contribution in [3.05, 3.63) is 65.7 Å². The molecule has 126 valence electrons. The first-order chi connectivity index (χ1) is 11.5. The third kappa shape index (κ3) is 4.69. The highest BCUT2D eigenvalue weighted by Crippen LogP contribution is 2.25. The summed E-state index contributed by atoms with van der Waals surface area (Å²) in [4.78, 5) is 25.6. The van der Waals surface area contributed by atoms with E-state index < -0.39 is 0 Å². The minimum atomic E-state index is -0.106. The Morgan fingerprint density at radius 2 is 1.79 bits per heavy atom. The maximum atomic E-state index is 12.5. The van der Waals surface area contributed by atoms with Crippen molar-refractivity contribution in [2.75, 3.05) is 5.32 Å². The predicted molar refractivity (Wildman–Crippen MR) is 96.4 cm³/mol. The first kappa shape index (κ1) is 17.7. The minimum Gasteiger partial charge on any atom is -0.332 e. The van der Waals surface area contributed by atoms with Gasteiger partial charge >= 0.3 is 0 Å². The van der Waals surface area contributed by atoms with Crippen LogP contribution in [0.5, 0.6) is 0 Å². The lowest BCUT2D eigenvalue weighted by molar-refractivity contribution is -0.133. The van der Waals surface area contributed by atoms with Gasteiger partial charge in [-0.3, -0.25) is 9.59 Å². The van der Waals surface area contributed by atoms with E-state index in [1.165, 1.54) is 6.92 Å². The zero-order valence-corrected chi connectivity index (χ0v) is 14.5. The second-order valence-electron chi connectivity index (χ2n) is 5.84. The molecule has 1 atom stereocenters. The highest BCUT2D eigenvalue weighted by Gasteiger charge is 2.20. The largest absolute Gasteiger partial charge is 0.332 e. The van der Waals surface area contributed by atoms with Gasteiger partial charge in [0.1, 0.15) is 0 Å². The summed E-state index contributed by atoms with van der Waals surface area (Å²) in [6.45, 7) is 5.95. The fourth-order valence-corrected chi connectivity index (χ4v) is 2.68. The summed E-state index contributed by atoms with van der Waals surface area (Å²) in [7, 11) is 0. The molecular formula is C20H24N2O2. The van der Waals surface area contributed by atoms with Crippen molar-refractivity contribution in [2.24, 2.45) is 0 Å². The van der Waals surface area contributed by atoms with E-state index in [2.05, 4.69) is 5.32 Å². The van der Waals surface area contributed by atoms with E-state index in [0.29, 0.717) is 13.0 Å². The number of hydrogen-bond donors (Lipinski definition) is 1. The summed E-state index contributed by atoms with van der Waals surface area (Å²) in [5, 5.41) is 2.79. The summed E-state index contributed by atoms with van der Waals surface area (Å²) in [5.74, 6) is 0.00172. The van der Waals surface area contributed by atoms with Gasteiger partial charge in [0.2, 0.25) is 11.8 Å². The van der Waals surface area contributed by atoms with Crippen LogP contribution in [0.25, 0.3) is 0 Å². The van der Waals surface area contributed by atoms with Gasteiger partial charge in [0.15, 0.2) is 0 Å². The van der Waals surface area contributed by atoms with Crippen molar-refractivity contribution >= 4 is 17.5 Å². The highest BCUT2D eigenvalue weighted by atomic mass is 16.2. The van der Waals surface area contributed by atoms with Crippen LogP contribution in [-0.2, 0) is 16.1 Å². The fraction of sp³-hybridized carbons (Fsp3) is 0.300. The molecule has 0 saturated carbocycles. The summed E-state index contributed by atoms with van der Waals surface area (Å²) >= 11 is 0. The molecule has 0 fully saturated rings. The lowest BCUT2D eigenvalue weighted by Crippen LogP contribution is -2.32. The number of hydrogen-bond acceptors (Lipinski definition) is 2. The second kappa shape index (κ2) is 8.29. The third-order valence-electron chi connectivity index (χ3n) is 3.98. The number of anilines is 1.